The molecule has 11 heteroatoms. The highest BCUT2D eigenvalue weighted by atomic mass is 35.5. The molecule has 4 aromatic rings. The van der Waals surface area contributed by atoms with Crippen LogP contribution in [0.4, 0.5) is 11.4 Å². The highest BCUT2D eigenvalue weighted by molar-refractivity contribution is 7.93. The molecule has 2 heterocycles. The van der Waals surface area contributed by atoms with Crippen molar-refractivity contribution in [3.8, 4) is 5.69 Å². The lowest BCUT2D eigenvalue weighted by molar-refractivity contribution is 0.0667. The molecule has 0 radical (unpaired) electrons. The van der Waals surface area contributed by atoms with Gasteiger partial charge in [0.05, 0.1) is 16.4 Å². The summed E-state index contributed by atoms with van der Waals surface area (Å²) in [7, 11) is 0.704. The first-order chi connectivity index (χ1) is 20.0. The number of halogens is 1. The zero-order valence-corrected chi connectivity index (χ0v) is 25.9. The third kappa shape index (κ3) is 4.98. The number of benzene rings is 3. The maximum Gasteiger partial charge on any atom is 0.296 e. The largest absolute Gasteiger partial charge is 0.372 e. The molecule has 0 N–H and O–H groups in total. The molecule has 1 atom stereocenters. The Bertz CT molecular complexity index is 1820. The third-order valence-electron chi connectivity index (χ3n) is 8.06. The Labute approximate surface area is 251 Å². The van der Waals surface area contributed by atoms with Crippen LogP contribution in [0.5, 0.6) is 0 Å². The van der Waals surface area contributed by atoms with Crippen LogP contribution in [0.1, 0.15) is 35.0 Å². The van der Waals surface area contributed by atoms with Crippen LogP contribution < -0.4 is 14.8 Å². The molecule has 5 rings (SSSR count). The van der Waals surface area contributed by atoms with Crippen molar-refractivity contribution in [3.63, 3.8) is 0 Å². The van der Waals surface area contributed by atoms with Gasteiger partial charge >= 0.3 is 0 Å². The summed E-state index contributed by atoms with van der Waals surface area (Å²) in [6.45, 7) is 4.75. The van der Waals surface area contributed by atoms with E-state index in [-0.39, 0.29) is 33.1 Å². The van der Waals surface area contributed by atoms with Crippen molar-refractivity contribution in [1.82, 2.24) is 14.3 Å². The maximum atomic E-state index is 14.0. The van der Waals surface area contributed by atoms with Crippen molar-refractivity contribution in [1.29, 1.82) is 0 Å². The van der Waals surface area contributed by atoms with Gasteiger partial charge in [-0.2, -0.15) is 0 Å². The lowest BCUT2D eigenvalue weighted by atomic mass is 10.1. The molecular weight excluding hydrogens is 574 g/mol. The van der Waals surface area contributed by atoms with E-state index in [0.717, 1.165) is 22.0 Å². The van der Waals surface area contributed by atoms with E-state index in [1.165, 1.54) is 23.9 Å². The topological polar surface area (TPSA) is 87.9 Å². The van der Waals surface area contributed by atoms with E-state index >= 15 is 0 Å². The summed E-state index contributed by atoms with van der Waals surface area (Å²) in [6.07, 6.45) is 0.729. The monoisotopic (exact) mass is 607 g/mol. The van der Waals surface area contributed by atoms with Crippen molar-refractivity contribution in [2.24, 2.45) is 7.05 Å². The maximum absolute atomic E-state index is 14.0. The van der Waals surface area contributed by atoms with Crippen molar-refractivity contribution in [2.45, 2.75) is 37.8 Å². The highest BCUT2D eigenvalue weighted by Gasteiger charge is 2.33. The number of para-hydroxylation sites is 2. The number of likely N-dealkylation sites (N-methyl/N-ethyl adjacent to an activating group) is 1. The van der Waals surface area contributed by atoms with Crippen LogP contribution in [-0.4, -0.2) is 55.3 Å². The van der Waals surface area contributed by atoms with E-state index in [0.29, 0.717) is 24.5 Å². The number of hydrogen-bond acceptors (Lipinski definition) is 5. The average Bonchev–Trinajstić information content (AvgIpc) is 3.11. The van der Waals surface area contributed by atoms with Gasteiger partial charge in [0, 0.05) is 51.5 Å². The number of hydrogen-bond donors (Lipinski definition) is 0. The van der Waals surface area contributed by atoms with Crippen molar-refractivity contribution >= 4 is 38.9 Å². The van der Waals surface area contributed by atoms with E-state index in [2.05, 4.69) is 4.90 Å². The first kappa shape index (κ1) is 29.5. The summed E-state index contributed by atoms with van der Waals surface area (Å²) in [5.41, 5.74) is 2.84. The second-order valence-corrected chi connectivity index (χ2v) is 12.9. The van der Waals surface area contributed by atoms with Crippen LogP contribution in [0.25, 0.3) is 5.69 Å². The van der Waals surface area contributed by atoms with Gasteiger partial charge in [0.25, 0.3) is 21.5 Å². The van der Waals surface area contributed by atoms with E-state index in [1.54, 1.807) is 53.9 Å². The van der Waals surface area contributed by atoms with Crippen molar-refractivity contribution in [3.05, 3.63) is 105 Å². The SMILES string of the molecule is CCC1CN(C)c2ccccc2CN1C(=O)c1ccc(Cl)c(S(=O)(=O)N(C)c2c(C)n(C)n(-c3ccccc3)c2=O)c1. The zero-order valence-electron chi connectivity index (χ0n) is 24.3. The number of anilines is 2. The molecule has 0 saturated carbocycles. The molecule has 0 spiro atoms. The summed E-state index contributed by atoms with van der Waals surface area (Å²) < 4.78 is 32.0. The second kappa shape index (κ2) is 11.3. The van der Waals surface area contributed by atoms with Gasteiger partial charge in [0.1, 0.15) is 10.6 Å². The minimum absolute atomic E-state index is 0.00708. The number of amides is 1. The Balaban J connectivity index is 1.54. The predicted molar refractivity (Wildman–Crippen MR) is 166 cm³/mol. The number of aromatic nitrogens is 2. The van der Waals surface area contributed by atoms with Gasteiger partial charge in [0.15, 0.2) is 0 Å². The minimum atomic E-state index is -4.33. The van der Waals surface area contributed by atoms with E-state index in [4.69, 9.17) is 11.6 Å². The van der Waals surface area contributed by atoms with E-state index in [9.17, 15) is 18.0 Å². The van der Waals surface area contributed by atoms with E-state index in [1.807, 2.05) is 44.3 Å². The van der Waals surface area contributed by atoms with Crippen LogP contribution in [0.3, 0.4) is 0 Å². The third-order valence-corrected chi connectivity index (χ3v) is 10.3. The molecular formula is C31H34ClN5O4S. The minimum Gasteiger partial charge on any atom is -0.372 e. The number of carbonyl (C=O) groups excluding carboxylic acids is 1. The Morgan fingerprint density at radius 1 is 1.02 bits per heavy atom. The Morgan fingerprint density at radius 3 is 2.38 bits per heavy atom. The normalized spacial score (nSPS) is 15.3. The lowest BCUT2D eigenvalue weighted by Crippen LogP contribution is -2.43. The number of rotatable bonds is 6. The van der Waals surface area contributed by atoms with Crippen LogP contribution in [0.2, 0.25) is 5.02 Å². The fraction of sp³-hybridized carbons (Fsp3) is 0.290. The summed E-state index contributed by atoms with van der Waals surface area (Å²) in [6, 6.07) is 21.1. The molecule has 3 aromatic carbocycles. The standard InChI is InChI=1S/C31H34ClN5O4S/c1-6-24-20-33(3)27-15-11-10-12-23(27)19-36(24)30(38)22-16-17-26(32)28(18-22)42(40,41)35(5)29-21(2)34(4)37(31(29)39)25-13-8-7-9-14-25/h7-18,24H,6,19-20H2,1-5H3. The fourth-order valence-electron chi connectivity index (χ4n) is 5.61. The lowest BCUT2D eigenvalue weighted by Gasteiger charge is -2.31. The molecule has 0 fully saturated rings. The molecule has 42 heavy (non-hydrogen) atoms. The first-order valence-electron chi connectivity index (χ1n) is 13.7. The summed E-state index contributed by atoms with van der Waals surface area (Å²) in [5.74, 6) is -0.287. The van der Waals surface area contributed by atoms with Gasteiger partial charge in [-0.15, -0.1) is 0 Å². The predicted octanol–water partition coefficient (Wildman–Crippen LogP) is 4.83. The summed E-state index contributed by atoms with van der Waals surface area (Å²) >= 11 is 6.46. The van der Waals surface area contributed by atoms with Gasteiger partial charge in [0.2, 0.25) is 0 Å². The Kier molecular flexibility index (Phi) is 7.96. The van der Waals surface area contributed by atoms with Crippen LogP contribution in [0.15, 0.2) is 82.5 Å². The molecule has 1 amide bonds. The molecule has 0 saturated heterocycles. The van der Waals surface area contributed by atoms with Crippen LogP contribution in [-0.2, 0) is 23.6 Å². The number of carbonyl (C=O) groups is 1. The fourth-order valence-corrected chi connectivity index (χ4v) is 7.36. The number of sulfonamides is 1. The quantitative estimate of drug-likeness (QED) is 0.313. The van der Waals surface area contributed by atoms with Gasteiger partial charge in [-0.05, 0) is 55.3 Å². The molecule has 1 aliphatic heterocycles. The smallest absolute Gasteiger partial charge is 0.296 e. The Hall–Kier alpha value is -4.02. The van der Waals surface area contributed by atoms with Gasteiger partial charge < -0.3 is 9.80 Å². The molecule has 220 valence electrons. The molecule has 1 unspecified atom stereocenters. The van der Waals surface area contributed by atoms with Crippen molar-refractivity contribution in [2.75, 3.05) is 29.8 Å². The highest BCUT2D eigenvalue weighted by Crippen LogP contribution is 2.32. The average molecular weight is 608 g/mol. The van der Waals surface area contributed by atoms with Crippen molar-refractivity contribution < 1.29 is 13.2 Å². The van der Waals surface area contributed by atoms with E-state index < -0.39 is 15.6 Å². The number of nitrogens with zero attached hydrogens (tertiary/aromatic N) is 5. The van der Waals surface area contributed by atoms with Gasteiger partial charge in [-0.3, -0.25) is 18.6 Å². The first-order valence-corrected chi connectivity index (χ1v) is 15.5. The molecule has 1 aromatic heterocycles. The number of fused-ring (bicyclic) bond motifs is 1. The van der Waals surface area contributed by atoms with Crippen LogP contribution >= 0.6 is 11.6 Å². The molecule has 0 aliphatic carbocycles. The van der Waals surface area contributed by atoms with Gasteiger partial charge in [-0.25, -0.2) is 13.1 Å². The van der Waals surface area contributed by atoms with Gasteiger partial charge in [-0.1, -0.05) is 54.9 Å². The summed E-state index contributed by atoms with van der Waals surface area (Å²) in [4.78, 5) is 31.2. The molecule has 9 nitrogen and oxygen atoms in total. The zero-order chi connectivity index (χ0) is 30.3. The molecule has 0 bridgehead atoms. The Morgan fingerprint density at radius 2 is 1.69 bits per heavy atom. The second-order valence-electron chi connectivity index (χ2n) is 10.5. The molecule has 1 aliphatic rings. The van der Waals surface area contributed by atoms with Crippen LogP contribution in [0, 0.1) is 6.92 Å². The summed E-state index contributed by atoms with van der Waals surface area (Å²) in [5, 5.41) is -0.0386.